The minimum absolute atomic E-state index is 0. The van der Waals surface area contributed by atoms with Crippen LogP contribution in [-0.2, 0) is 12.5 Å². The summed E-state index contributed by atoms with van der Waals surface area (Å²) >= 11 is 1.80. The van der Waals surface area contributed by atoms with Gasteiger partial charge in [0.05, 0.1) is 12.6 Å². The number of pyridine rings is 1. The average molecular weight is 522 g/mol. The molecule has 0 spiro atoms. The predicted octanol–water partition coefficient (Wildman–Crippen LogP) is 5.52. The highest BCUT2D eigenvalue weighted by atomic mass is 35.5. The van der Waals surface area contributed by atoms with Gasteiger partial charge in [-0.05, 0) is 62.1 Å². The second-order valence-electron chi connectivity index (χ2n) is 9.91. The van der Waals surface area contributed by atoms with Gasteiger partial charge in [0.1, 0.15) is 5.75 Å². The lowest BCUT2D eigenvalue weighted by atomic mass is 9.95. The van der Waals surface area contributed by atoms with E-state index in [2.05, 4.69) is 80.2 Å². The summed E-state index contributed by atoms with van der Waals surface area (Å²) in [6, 6.07) is 19.1. The van der Waals surface area contributed by atoms with Crippen molar-refractivity contribution < 1.29 is 4.74 Å². The summed E-state index contributed by atoms with van der Waals surface area (Å²) in [5, 5.41) is 11.1. The van der Waals surface area contributed by atoms with Gasteiger partial charge < -0.3 is 14.2 Å². The summed E-state index contributed by atoms with van der Waals surface area (Å²) in [5.74, 6) is 3.68. The molecule has 188 valence electrons. The fourth-order valence-electron chi connectivity index (χ4n) is 5.71. The van der Waals surface area contributed by atoms with Gasteiger partial charge >= 0.3 is 0 Å². The number of aromatic nitrogens is 4. The first kappa shape index (κ1) is 25.1. The fourth-order valence-corrected chi connectivity index (χ4v) is 6.54. The van der Waals surface area contributed by atoms with Gasteiger partial charge in [0, 0.05) is 47.9 Å². The second kappa shape index (κ2) is 10.0. The third-order valence-electron chi connectivity index (χ3n) is 7.68. The van der Waals surface area contributed by atoms with Crippen LogP contribution in [0.1, 0.15) is 24.1 Å². The number of hydrogen-bond donors (Lipinski definition) is 0. The smallest absolute Gasteiger partial charge is 0.191 e. The van der Waals surface area contributed by atoms with Crippen molar-refractivity contribution in [3.05, 3.63) is 65.9 Å². The number of ether oxygens (including phenoxy) is 1. The molecule has 1 saturated carbocycles. The molecule has 36 heavy (non-hydrogen) atoms. The molecule has 2 aromatic carbocycles. The summed E-state index contributed by atoms with van der Waals surface area (Å²) in [6.45, 7) is 5.56. The number of aryl methyl sites for hydroxylation is 1. The van der Waals surface area contributed by atoms with Crippen LogP contribution in [-0.4, -0.2) is 57.1 Å². The summed E-state index contributed by atoms with van der Waals surface area (Å²) < 4.78 is 7.45. The zero-order valence-corrected chi connectivity index (χ0v) is 22.6. The fraction of sp³-hybridized carbons (Fsp3) is 0.393. The molecule has 1 aliphatic heterocycles. The van der Waals surface area contributed by atoms with Gasteiger partial charge in [0.25, 0.3) is 0 Å². The molecule has 4 aromatic rings. The molecular weight excluding hydrogens is 490 g/mol. The Morgan fingerprint density at radius 2 is 1.92 bits per heavy atom. The Bertz CT molecular complexity index is 1370. The highest BCUT2D eigenvalue weighted by Crippen LogP contribution is 2.59. The molecule has 2 aliphatic rings. The van der Waals surface area contributed by atoms with Crippen LogP contribution >= 0.6 is 24.2 Å². The Labute approximate surface area is 222 Å². The number of likely N-dealkylation sites (tertiary alicyclic amines) is 1. The number of thioether (sulfide) groups is 1. The van der Waals surface area contributed by atoms with Crippen LogP contribution in [0.2, 0.25) is 0 Å². The van der Waals surface area contributed by atoms with Crippen molar-refractivity contribution in [2.75, 3.05) is 32.5 Å². The van der Waals surface area contributed by atoms with E-state index in [1.165, 1.54) is 25.1 Å². The normalized spacial score (nSPS) is 20.8. The first-order valence-corrected chi connectivity index (χ1v) is 13.3. The molecule has 1 saturated heterocycles. The Kier molecular flexibility index (Phi) is 6.99. The van der Waals surface area contributed by atoms with E-state index in [4.69, 9.17) is 4.74 Å². The van der Waals surface area contributed by atoms with Crippen molar-refractivity contribution in [1.29, 1.82) is 0 Å². The first-order chi connectivity index (χ1) is 17.1. The van der Waals surface area contributed by atoms with E-state index in [1.54, 1.807) is 18.9 Å². The topological polar surface area (TPSA) is 56.1 Å². The van der Waals surface area contributed by atoms with Crippen molar-refractivity contribution >= 4 is 35.1 Å². The lowest BCUT2D eigenvalue weighted by Gasteiger charge is -2.21. The molecule has 0 amide bonds. The van der Waals surface area contributed by atoms with Crippen molar-refractivity contribution in [3.8, 4) is 17.1 Å². The third kappa shape index (κ3) is 4.49. The molecule has 1 aliphatic carbocycles. The number of fused-ring (bicyclic) bond motifs is 2. The van der Waals surface area contributed by atoms with Gasteiger partial charge in [-0.2, -0.15) is 0 Å². The molecule has 3 heterocycles. The maximum Gasteiger partial charge on any atom is 0.191 e. The van der Waals surface area contributed by atoms with Crippen molar-refractivity contribution in [2.45, 2.75) is 30.3 Å². The van der Waals surface area contributed by atoms with Gasteiger partial charge in [-0.3, -0.25) is 4.98 Å². The SMILES string of the molecule is COc1ccc(C23CC2CN(CCCSc2nnc(-c4cccc5nc(C)ccc45)n2C)C3)cc1.Cl. The Morgan fingerprint density at radius 1 is 1.08 bits per heavy atom. The predicted molar refractivity (Wildman–Crippen MR) is 148 cm³/mol. The summed E-state index contributed by atoms with van der Waals surface area (Å²) in [7, 11) is 3.79. The summed E-state index contributed by atoms with van der Waals surface area (Å²) in [5.41, 5.74) is 4.96. The molecule has 2 fully saturated rings. The van der Waals surface area contributed by atoms with Crippen LogP contribution in [0, 0.1) is 12.8 Å². The van der Waals surface area contributed by atoms with Gasteiger partial charge in [-0.15, -0.1) is 22.6 Å². The molecule has 2 atom stereocenters. The quantitative estimate of drug-likeness (QED) is 0.224. The Morgan fingerprint density at radius 3 is 2.72 bits per heavy atom. The van der Waals surface area contributed by atoms with Gasteiger partial charge in [0.15, 0.2) is 11.0 Å². The highest BCUT2D eigenvalue weighted by Gasteiger charge is 2.60. The molecular formula is C28H32ClN5OS. The zero-order valence-electron chi connectivity index (χ0n) is 21.0. The van der Waals surface area contributed by atoms with E-state index in [9.17, 15) is 0 Å². The average Bonchev–Trinajstić information content (AvgIpc) is 3.25. The van der Waals surface area contributed by atoms with Crippen LogP contribution < -0.4 is 4.74 Å². The maximum atomic E-state index is 5.33. The van der Waals surface area contributed by atoms with Crippen LogP contribution in [0.4, 0.5) is 0 Å². The minimum Gasteiger partial charge on any atom is -0.497 e. The maximum absolute atomic E-state index is 5.33. The number of rotatable bonds is 8. The van der Waals surface area contributed by atoms with Crippen LogP contribution in [0.15, 0.2) is 59.8 Å². The molecule has 0 radical (unpaired) electrons. The Hall–Kier alpha value is -2.61. The van der Waals surface area contributed by atoms with Crippen molar-refractivity contribution in [1.82, 2.24) is 24.6 Å². The van der Waals surface area contributed by atoms with E-state index in [1.807, 2.05) is 13.0 Å². The largest absolute Gasteiger partial charge is 0.497 e. The number of nitrogens with zero attached hydrogens (tertiary/aromatic N) is 5. The highest BCUT2D eigenvalue weighted by molar-refractivity contribution is 7.99. The van der Waals surface area contributed by atoms with Gasteiger partial charge in [-0.25, -0.2) is 0 Å². The van der Waals surface area contributed by atoms with Crippen molar-refractivity contribution in [3.63, 3.8) is 0 Å². The van der Waals surface area contributed by atoms with Gasteiger partial charge in [0.2, 0.25) is 0 Å². The molecule has 6 nitrogen and oxygen atoms in total. The molecule has 6 rings (SSSR count). The van der Waals surface area contributed by atoms with Crippen LogP contribution in [0.3, 0.4) is 0 Å². The monoisotopic (exact) mass is 521 g/mol. The summed E-state index contributed by atoms with van der Waals surface area (Å²) in [4.78, 5) is 7.31. The number of piperidine rings is 1. The zero-order chi connectivity index (χ0) is 24.0. The van der Waals surface area contributed by atoms with E-state index < -0.39 is 0 Å². The number of methoxy groups -OCH3 is 1. The second-order valence-corrected chi connectivity index (χ2v) is 11.0. The van der Waals surface area contributed by atoms with Crippen LogP contribution in [0.25, 0.3) is 22.3 Å². The number of hydrogen-bond acceptors (Lipinski definition) is 6. The molecule has 0 N–H and O–H groups in total. The molecule has 8 heteroatoms. The third-order valence-corrected chi connectivity index (χ3v) is 8.78. The Balaban J connectivity index is 0.00000267. The molecule has 2 unspecified atom stereocenters. The van der Waals surface area contributed by atoms with Crippen LogP contribution in [0.5, 0.6) is 5.75 Å². The van der Waals surface area contributed by atoms with E-state index in [0.717, 1.165) is 63.5 Å². The molecule has 0 bridgehead atoms. The standard InChI is InChI=1S/C28H31N5OS.ClH/c1-19-8-13-23-24(6-4-7-25(23)29-19)26-30-31-27(32(26)2)35-15-5-14-33-17-21-16-28(21,18-33)20-9-11-22(34-3)12-10-20;/h4,6-13,21H,5,14-18H2,1-3H3;1H. The summed E-state index contributed by atoms with van der Waals surface area (Å²) in [6.07, 6.45) is 2.48. The molecule has 2 aromatic heterocycles. The lowest BCUT2D eigenvalue weighted by Crippen LogP contribution is -2.27. The van der Waals surface area contributed by atoms with E-state index in [0.29, 0.717) is 5.41 Å². The lowest BCUT2D eigenvalue weighted by molar-refractivity contribution is 0.299. The minimum atomic E-state index is 0. The van der Waals surface area contributed by atoms with E-state index in [-0.39, 0.29) is 12.4 Å². The number of benzene rings is 2. The van der Waals surface area contributed by atoms with Crippen molar-refractivity contribution in [2.24, 2.45) is 13.0 Å². The first-order valence-electron chi connectivity index (χ1n) is 12.3. The van der Waals surface area contributed by atoms with E-state index >= 15 is 0 Å². The van der Waals surface area contributed by atoms with Gasteiger partial charge in [-0.1, -0.05) is 42.1 Å². The number of halogens is 1.